The Labute approximate surface area is 132 Å². The number of nitrogens with one attached hydrogen (secondary N) is 1. The number of nitrogens with two attached hydrogens (primary N) is 1. The molecule has 0 amide bonds. The minimum absolute atomic E-state index is 0.130. The molecule has 2 aromatic carbocycles. The van der Waals surface area contributed by atoms with Crippen LogP contribution in [0.25, 0.3) is 0 Å². The fourth-order valence-corrected chi connectivity index (χ4v) is 4.03. The Bertz CT molecular complexity index is 776. The molecule has 2 rings (SSSR count). The van der Waals surface area contributed by atoms with Gasteiger partial charge in [0.25, 0.3) is 10.0 Å². The van der Waals surface area contributed by atoms with Crippen molar-refractivity contribution in [1.82, 2.24) is 0 Å². The third kappa shape index (κ3) is 3.48. The molecule has 0 atom stereocenters. The average molecular weight is 371 g/mol. The molecule has 0 bridgehead atoms. The average Bonchev–Trinajstić information content (AvgIpc) is 2.37. The normalized spacial score (nSPS) is 11.2. The van der Waals surface area contributed by atoms with Crippen LogP contribution >= 0.6 is 15.9 Å². The van der Waals surface area contributed by atoms with Gasteiger partial charge < -0.3 is 10.5 Å². The zero-order chi connectivity index (χ0) is 15.6. The van der Waals surface area contributed by atoms with Crippen LogP contribution in [0.15, 0.2) is 45.8 Å². The van der Waals surface area contributed by atoms with Crippen LogP contribution in [0.4, 0.5) is 11.4 Å². The van der Waals surface area contributed by atoms with Gasteiger partial charge in [0.2, 0.25) is 0 Å². The Morgan fingerprint density at radius 3 is 2.48 bits per heavy atom. The van der Waals surface area contributed by atoms with Gasteiger partial charge in [-0.3, -0.25) is 4.72 Å². The predicted molar refractivity (Wildman–Crippen MR) is 87.1 cm³/mol. The molecule has 0 saturated heterocycles. The summed E-state index contributed by atoms with van der Waals surface area (Å²) in [6.45, 7) is 1.84. The molecule has 0 radical (unpaired) electrons. The van der Waals surface area contributed by atoms with E-state index in [0.29, 0.717) is 21.6 Å². The monoisotopic (exact) mass is 370 g/mol. The van der Waals surface area contributed by atoms with Gasteiger partial charge in [-0.25, -0.2) is 8.42 Å². The summed E-state index contributed by atoms with van der Waals surface area (Å²) in [5.41, 5.74) is 7.41. The number of rotatable bonds is 4. The number of methoxy groups -OCH3 is 1. The maximum Gasteiger partial charge on any atom is 0.263 e. The van der Waals surface area contributed by atoms with Crippen molar-refractivity contribution in [2.24, 2.45) is 0 Å². The highest BCUT2D eigenvalue weighted by molar-refractivity contribution is 9.10. The SMILES string of the molecule is COc1ccc(NS(=O)(=O)c2ccc(N)cc2Br)cc1C. The van der Waals surface area contributed by atoms with Gasteiger partial charge in [-0.15, -0.1) is 0 Å². The molecule has 0 aromatic heterocycles. The molecule has 0 fully saturated rings. The van der Waals surface area contributed by atoms with Gasteiger partial charge in [0, 0.05) is 15.8 Å². The number of sulfonamides is 1. The van der Waals surface area contributed by atoms with E-state index in [-0.39, 0.29) is 4.90 Å². The van der Waals surface area contributed by atoms with Crippen LogP contribution in [-0.4, -0.2) is 15.5 Å². The summed E-state index contributed by atoms with van der Waals surface area (Å²) in [5.74, 6) is 0.701. The van der Waals surface area contributed by atoms with E-state index in [1.807, 2.05) is 6.92 Å². The smallest absolute Gasteiger partial charge is 0.263 e. The predicted octanol–water partition coefficient (Wildman–Crippen LogP) is 3.15. The quantitative estimate of drug-likeness (QED) is 0.809. The van der Waals surface area contributed by atoms with E-state index >= 15 is 0 Å². The first-order chi connectivity index (χ1) is 9.83. The van der Waals surface area contributed by atoms with Crippen molar-refractivity contribution < 1.29 is 13.2 Å². The van der Waals surface area contributed by atoms with Gasteiger partial charge in [-0.05, 0) is 64.8 Å². The van der Waals surface area contributed by atoms with Crippen molar-refractivity contribution >= 4 is 37.3 Å². The van der Waals surface area contributed by atoms with E-state index in [2.05, 4.69) is 20.7 Å². The highest BCUT2D eigenvalue weighted by Gasteiger charge is 2.18. The summed E-state index contributed by atoms with van der Waals surface area (Å²) in [5, 5.41) is 0. The fourth-order valence-electron chi connectivity index (χ4n) is 1.89. The number of hydrogen-bond acceptors (Lipinski definition) is 4. The van der Waals surface area contributed by atoms with Gasteiger partial charge in [0.1, 0.15) is 10.6 Å². The lowest BCUT2D eigenvalue weighted by molar-refractivity contribution is 0.412. The summed E-state index contributed by atoms with van der Waals surface area (Å²) in [7, 11) is -2.12. The van der Waals surface area contributed by atoms with Gasteiger partial charge in [0.05, 0.1) is 7.11 Å². The highest BCUT2D eigenvalue weighted by Crippen LogP contribution is 2.27. The van der Waals surface area contributed by atoms with Crippen LogP contribution in [0.3, 0.4) is 0 Å². The van der Waals surface area contributed by atoms with Gasteiger partial charge in [-0.1, -0.05) is 0 Å². The minimum Gasteiger partial charge on any atom is -0.496 e. The molecule has 0 aliphatic rings. The van der Waals surface area contributed by atoms with Gasteiger partial charge in [-0.2, -0.15) is 0 Å². The number of benzene rings is 2. The molecule has 5 nitrogen and oxygen atoms in total. The first kappa shape index (κ1) is 15.7. The van der Waals surface area contributed by atoms with E-state index in [1.165, 1.54) is 6.07 Å². The van der Waals surface area contributed by atoms with E-state index in [9.17, 15) is 8.42 Å². The maximum atomic E-state index is 12.4. The van der Waals surface area contributed by atoms with Crippen molar-refractivity contribution in [3.05, 3.63) is 46.4 Å². The fraction of sp³-hybridized carbons (Fsp3) is 0.143. The molecule has 0 aliphatic carbocycles. The van der Waals surface area contributed by atoms with E-state index in [4.69, 9.17) is 10.5 Å². The van der Waals surface area contributed by atoms with E-state index in [1.54, 1.807) is 37.4 Å². The number of anilines is 2. The zero-order valence-electron chi connectivity index (χ0n) is 11.6. The van der Waals surface area contributed by atoms with Gasteiger partial charge in [0.15, 0.2) is 0 Å². The second kappa shape index (κ2) is 5.95. The lowest BCUT2D eigenvalue weighted by Gasteiger charge is -2.12. The molecule has 2 aromatic rings. The second-order valence-corrected chi connectivity index (χ2v) is 6.98. The summed E-state index contributed by atoms with van der Waals surface area (Å²) in [6, 6.07) is 9.62. The molecule has 112 valence electrons. The van der Waals surface area contributed by atoms with Crippen molar-refractivity contribution in [3.63, 3.8) is 0 Å². The molecule has 21 heavy (non-hydrogen) atoms. The Morgan fingerprint density at radius 1 is 1.19 bits per heavy atom. The molecule has 3 N–H and O–H groups in total. The topological polar surface area (TPSA) is 81.4 Å². The second-order valence-electron chi connectivity index (χ2n) is 4.48. The largest absolute Gasteiger partial charge is 0.496 e. The van der Waals surface area contributed by atoms with Crippen LogP contribution < -0.4 is 15.2 Å². The summed E-state index contributed by atoms with van der Waals surface area (Å²) in [6.07, 6.45) is 0. The molecule has 0 saturated carbocycles. The van der Waals surface area contributed by atoms with Gasteiger partial charge >= 0.3 is 0 Å². The van der Waals surface area contributed by atoms with Crippen molar-refractivity contribution in [2.75, 3.05) is 17.6 Å². The molecule has 0 aliphatic heterocycles. The maximum absolute atomic E-state index is 12.4. The first-order valence-electron chi connectivity index (χ1n) is 6.06. The molecule has 7 heteroatoms. The number of hydrogen-bond donors (Lipinski definition) is 2. The number of halogens is 1. The number of aryl methyl sites for hydroxylation is 1. The van der Waals surface area contributed by atoms with Crippen molar-refractivity contribution in [1.29, 1.82) is 0 Å². The molecule has 0 spiro atoms. The Kier molecular flexibility index (Phi) is 4.43. The Morgan fingerprint density at radius 2 is 1.90 bits per heavy atom. The molecule has 0 heterocycles. The van der Waals surface area contributed by atoms with E-state index in [0.717, 1.165) is 5.56 Å². The summed E-state index contributed by atoms with van der Waals surface area (Å²) < 4.78 is 32.9. The summed E-state index contributed by atoms with van der Waals surface area (Å²) >= 11 is 3.21. The van der Waals surface area contributed by atoms with Crippen molar-refractivity contribution in [3.8, 4) is 5.75 Å². The third-order valence-electron chi connectivity index (χ3n) is 2.89. The lowest BCUT2D eigenvalue weighted by atomic mass is 10.2. The highest BCUT2D eigenvalue weighted by atomic mass is 79.9. The molecular weight excluding hydrogens is 356 g/mol. The lowest BCUT2D eigenvalue weighted by Crippen LogP contribution is -2.13. The van der Waals surface area contributed by atoms with Crippen LogP contribution in [0, 0.1) is 6.92 Å². The first-order valence-corrected chi connectivity index (χ1v) is 8.33. The molecule has 0 unspecified atom stereocenters. The van der Waals surface area contributed by atoms with E-state index < -0.39 is 10.0 Å². The van der Waals surface area contributed by atoms with Crippen LogP contribution in [0.2, 0.25) is 0 Å². The Hall–Kier alpha value is -1.73. The van der Waals surface area contributed by atoms with Crippen LogP contribution in [-0.2, 0) is 10.0 Å². The molecular formula is C14H15BrN2O3S. The van der Waals surface area contributed by atoms with Crippen LogP contribution in [0.5, 0.6) is 5.75 Å². The standard InChI is InChI=1S/C14H15BrN2O3S/c1-9-7-11(4-5-13(9)20-2)17-21(18,19)14-6-3-10(16)8-12(14)15/h3-8,17H,16H2,1-2H3. The number of ether oxygens (including phenoxy) is 1. The van der Waals surface area contributed by atoms with Crippen LogP contribution in [0.1, 0.15) is 5.56 Å². The number of nitrogen functional groups attached to an aromatic ring is 1. The zero-order valence-corrected chi connectivity index (χ0v) is 14.0. The Balaban J connectivity index is 2.35. The van der Waals surface area contributed by atoms with Crippen molar-refractivity contribution in [2.45, 2.75) is 11.8 Å². The summed E-state index contributed by atoms with van der Waals surface area (Å²) in [4.78, 5) is 0.130. The third-order valence-corrected chi connectivity index (χ3v) is 5.25. The minimum atomic E-state index is -3.69.